The minimum atomic E-state index is -0.771. The highest BCUT2D eigenvalue weighted by atomic mass is 16.4. The molecule has 0 unspecified atom stereocenters. The van der Waals surface area contributed by atoms with E-state index in [1.54, 1.807) is 24.3 Å². The number of hydrogen-bond donors (Lipinski definition) is 0. The number of carbonyl (C=O) groups excluding carboxylic acids is 1. The molecule has 0 aliphatic carbocycles. The highest BCUT2D eigenvalue weighted by Crippen LogP contribution is 2.12. The van der Waals surface area contributed by atoms with Gasteiger partial charge in [0, 0.05) is 5.56 Å². The van der Waals surface area contributed by atoms with Gasteiger partial charge in [0.2, 0.25) is 0 Å². The average Bonchev–Trinajstić information content (AvgIpc) is 2.58. The minimum absolute atomic E-state index is 0.0209. The van der Waals surface area contributed by atoms with Crippen molar-refractivity contribution in [3.05, 3.63) is 80.1 Å². The molecule has 0 saturated carbocycles. The molecule has 0 saturated heterocycles. The normalized spacial score (nSPS) is 10.5. The molecular weight excluding hydrogens is 308 g/mol. The van der Waals surface area contributed by atoms with Crippen LogP contribution in [0.5, 0.6) is 0 Å². The van der Waals surface area contributed by atoms with Crippen LogP contribution in [0.1, 0.15) is 28.4 Å². The van der Waals surface area contributed by atoms with Gasteiger partial charge >= 0.3 is 5.76 Å². The van der Waals surface area contributed by atoms with Crippen LogP contribution < -0.4 is 11.3 Å². The zero-order valence-electron chi connectivity index (χ0n) is 12.8. The fourth-order valence-corrected chi connectivity index (χ4v) is 2.39. The third-order valence-electron chi connectivity index (χ3n) is 3.70. The predicted molar refractivity (Wildman–Crippen MR) is 87.0 cm³/mol. The quantitative estimate of drug-likeness (QED) is 0.689. The molecule has 0 aliphatic rings. The molecule has 6 nitrogen and oxygen atoms in total. The number of Topliss-reactive ketones (excluding diaryl/α,β-unsaturated/α-hetero) is 1. The molecule has 0 spiro atoms. The highest BCUT2D eigenvalue weighted by Gasteiger charge is 2.12. The summed E-state index contributed by atoms with van der Waals surface area (Å²) < 4.78 is 6.14. The lowest BCUT2D eigenvalue weighted by molar-refractivity contribution is 0.101. The van der Waals surface area contributed by atoms with Gasteiger partial charge in [-0.1, -0.05) is 12.1 Å². The van der Waals surface area contributed by atoms with Crippen molar-refractivity contribution in [1.82, 2.24) is 4.57 Å². The summed E-state index contributed by atoms with van der Waals surface area (Å²) in [7, 11) is 0. The van der Waals surface area contributed by atoms with Crippen molar-refractivity contribution in [3.63, 3.8) is 0 Å². The Morgan fingerprint density at radius 1 is 1.17 bits per heavy atom. The van der Waals surface area contributed by atoms with E-state index in [-0.39, 0.29) is 23.3 Å². The number of carbonyl (C=O) groups is 1. The van der Waals surface area contributed by atoms with Gasteiger partial charge in [0.05, 0.1) is 23.6 Å². The maximum Gasteiger partial charge on any atom is 0.422 e. The van der Waals surface area contributed by atoms with Crippen molar-refractivity contribution in [2.45, 2.75) is 13.5 Å². The summed E-state index contributed by atoms with van der Waals surface area (Å²) in [5.74, 6) is -0.950. The molecular formula is C18H12N2O4. The standard InChI is InChI=1S/C18H12N2O4/c1-11(21)14-6-7-16-15(8-14)17(22)20(18(23)24-16)10-13-4-2-12(9-19)3-5-13/h2-8H,10H2,1H3. The molecule has 2 aromatic carbocycles. The lowest BCUT2D eigenvalue weighted by atomic mass is 10.1. The van der Waals surface area contributed by atoms with Crippen molar-refractivity contribution in [2.75, 3.05) is 0 Å². The van der Waals surface area contributed by atoms with Gasteiger partial charge in [-0.25, -0.2) is 9.36 Å². The van der Waals surface area contributed by atoms with E-state index in [0.717, 1.165) is 4.57 Å². The molecule has 1 aromatic heterocycles. The van der Waals surface area contributed by atoms with Crippen molar-refractivity contribution in [1.29, 1.82) is 5.26 Å². The van der Waals surface area contributed by atoms with Crippen molar-refractivity contribution >= 4 is 16.8 Å². The molecule has 0 N–H and O–H groups in total. The van der Waals surface area contributed by atoms with Crippen LogP contribution in [0.25, 0.3) is 11.0 Å². The van der Waals surface area contributed by atoms with Gasteiger partial charge in [0.1, 0.15) is 5.58 Å². The number of nitriles is 1. The van der Waals surface area contributed by atoms with Gasteiger partial charge in [0.25, 0.3) is 5.56 Å². The summed E-state index contributed by atoms with van der Waals surface area (Å²) in [6.45, 7) is 1.42. The van der Waals surface area contributed by atoms with E-state index >= 15 is 0 Å². The molecule has 0 aliphatic heterocycles. The van der Waals surface area contributed by atoms with E-state index in [1.165, 1.54) is 25.1 Å². The maximum absolute atomic E-state index is 12.6. The van der Waals surface area contributed by atoms with Crippen LogP contribution in [0.2, 0.25) is 0 Å². The molecule has 0 bridgehead atoms. The number of rotatable bonds is 3. The second kappa shape index (κ2) is 5.97. The van der Waals surface area contributed by atoms with E-state index in [9.17, 15) is 14.4 Å². The third-order valence-corrected chi connectivity index (χ3v) is 3.70. The molecule has 0 amide bonds. The van der Waals surface area contributed by atoms with Crippen LogP contribution in [-0.4, -0.2) is 10.4 Å². The molecule has 3 aromatic rings. The van der Waals surface area contributed by atoms with Crippen LogP contribution in [0.3, 0.4) is 0 Å². The van der Waals surface area contributed by atoms with Crippen LogP contribution >= 0.6 is 0 Å². The monoisotopic (exact) mass is 320 g/mol. The van der Waals surface area contributed by atoms with Crippen molar-refractivity contribution in [3.8, 4) is 6.07 Å². The molecule has 1 heterocycles. The minimum Gasteiger partial charge on any atom is -0.409 e. The Hall–Kier alpha value is -3.46. The predicted octanol–water partition coefficient (Wildman–Crippen LogP) is 2.08. The van der Waals surface area contributed by atoms with E-state index in [4.69, 9.17) is 9.68 Å². The van der Waals surface area contributed by atoms with Gasteiger partial charge < -0.3 is 4.42 Å². The van der Waals surface area contributed by atoms with Gasteiger partial charge in [-0.3, -0.25) is 9.59 Å². The van der Waals surface area contributed by atoms with Gasteiger partial charge in [-0.2, -0.15) is 5.26 Å². The molecule has 0 radical (unpaired) electrons. The smallest absolute Gasteiger partial charge is 0.409 e. The van der Waals surface area contributed by atoms with E-state index in [0.29, 0.717) is 16.7 Å². The Kier molecular flexibility index (Phi) is 3.84. The van der Waals surface area contributed by atoms with Gasteiger partial charge in [0.15, 0.2) is 5.78 Å². The largest absolute Gasteiger partial charge is 0.422 e. The SMILES string of the molecule is CC(=O)c1ccc2oc(=O)n(Cc3ccc(C#N)cc3)c(=O)c2c1. The summed E-state index contributed by atoms with van der Waals surface area (Å²) in [5.41, 5.74) is 1.17. The number of fused-ring (bicyclic) bond motifs is 1. The van der Waals surface area contributed by atoms with Crippen LogP contribution in [0.15, 0.2) is 56.5 Å². The summed E-state index contributed by atoms with van der Waals surface area (Å²) in [5, 5.41) is 8.97. The Bertz CT molecular complexity index is 1100. The first kappa shape index (κ1) is 15.4. The first-order valence-electron chi connectivity index (χ1n) is 7.17. The Balaban J connectivity index is 2.13. The summed E-state index contributed by atoms with van der Waals surface area (Å²) in [6, 6.07) is 12.9. The van der Waals surface area contributed by atoms with Crippen LogP contribution in [0, 0.1) is 11.3 Å². The van der Waals surface area contributed by atoms with E-state index in [2.05, 4.69) is 0 Å². The second-order valence-corrected chi connectivity index (χ2v) is 5.34. The van der Waals surface area contributed by atoms with Crippen LogP contribution in [-0.2, 0) is 6.54 Å². The number of benzene rings is 2. The first-order valence-corrected chi connectivity index (χ1v) is 7.17. The number of ketones is 1. The van der Waals surface area contributed by atoms with Gasteiger partial charge in [-0.15, -0.1) is 0 Å². The Morgan fingerprint density at radius 2 is 1.88 bits per heavy atom. The average molecular weight is 320 g/mol. The molecule has 24 heavy (non-hydrogen) atoms. The lowest BCUT2D eigenvalue weighted by Gasteiger charge is -2.06. The van der Waals surface area contributed by atoms with E-state index < -0.39 is 11.3 Å². The van der Waals surface area contributed by atoms with Crippen molar-refractivity contribution < 1.29 is 9.21 Å². The number of nitrogens with zero attached hydrogens (tertiary/aromatic N) is 2. The molecule has 6 heteroatoms. The zero-order chi connectivity index (χ0) is 17.3. The first-order chi connectivity index (χ1) is 11.5. The highest BCUT2D eigenvalue weighted by molar-refractivity contribution is 5.97. The molecule has 0 atom stereocenters. The fraction of sp³-hybridized carbons (Fsp3) is 0.111. The number of aromatic nitrogens is 1. The zero-order valence-corrected chi connectivity index (χ0v) is 12.8. The second-order valence-electron chi connectivity index (χ2n) is 5.34. The lowest BCUT2D eigenvalue weighted by Crippen LogP contribution is -2.33. The van der Waals surface area contributed by atoms with Gasteiger partial charge in [-0.05, 0) is 42.8 Å². The fourth-order valence-electron chi connectivity index (χ4n) is 2.39. The Morgan fingerprint density at radius 3 is 2.50 bits per heavy atom. The Labute approximate surface area is 136 Å². The third kappa shape index (κ3) is 2.75. The topological polar surface area (TPSA) is 93.1 Å². The molecule has 3 rings (SSSR count). The maximum atomic E-state index is 12.6. The van der Waals surface area contributed by atoms with E-state index in [1.807, 2.05) is 6.07 Å². The summed E-state index contributed by atoms with van der Waals surface area (Å²) in [6.07, 6.45) is 0. The van der Waals surface area contributed by atoms with Crippen molar-refractivity contribution in [2.24, 2.45) is 0 Å². The summed E-state index contributed by atoms with van der Waals surface area (Å²) >= 11 is 0. The molecule has 0 fully saturated rings. The van der Waals surface area contributed by atoms with Crippen LogP contribution in [0.4, 0.5) is 0 Å². The number of hydrogen-bond acceptors (Lipinski definition) is 5. The molecule has 118 valence electrons. The summed E-state index contributed by atoms with van der Waals surface area (Å²) in [4.78, 5) is 36.1.